The van der Waals surface area contributed by atoms with Gasteiger partial charge in [-0.2, -0.15) is 5.10 Å². The highest BCUT2D eigenvalue weighted by Crippen LogP contribution is 2.41. The summed E-state index contributed by atoms with van der Waals surface area (Å²) in [5.74, 6) is -2.03. The average molecular weight is 495 g/mol. The zero-order valence-electron chi connectivity index (χ0n) is 18.1. The van der Waals surface area contributed by atoms with E-state index in [-0.39, 0.29) is 30.3 Å². The fourth-order valence-electron chi connectivity index (χ4n) is 4.54. The topological polar surface area (TPSA) is 68.2 Å². The standard InChI is InChI=1S/C23H24F2N4O2S.ClH/c1-2-13-11-27-29-7-8-31-23-16(21(13)29)10-20(32-23)22(30)28-19-12-26-6-5-15(19)14-3-4-17(24)18(25)9-14;/h3-4,9-11,15,19,26H,2,5-8,12H2,1H3,(H,28,30);1H/t15-,19+;/m0./s1. The van der Waals surface area contributed by atoms with Crippen molar-refractivity contribution >= 4 is 29.7 Å². The zero-order valence-corrected chi connectivity index (χ0v) is 19.7. The van der Waals surface area contributed by atoms with E-state index >= 15 is 0 Å². The van der Waals surface area contributed by atoms with Gasteiger partial charge in [-0.3, -0.25) is 9.48 Å². The summed E-state index contributed by atoms with van der Waals surface area (Å²) in [4.78, 5) is 13.7. The number of rotatable bonds is 4. The Morgan fingerprint density at radius 3 is 2.97 bits per heavy atom. The lowest BCUT2D eigenvalue weighted by Crippen LogP contribution is -2.49. The molecule has 0 radical (unpaired) electrons. The van der Waals surface area contributed by atoms with Crippen LogP contribution in [-0.2, 0) is 13.0 Å². The first-order chi connectivity index (χ1) is 15.5. The lowest BCUT2D eigenvalue weighted by atomic mass is 9.86. The van der Waals surface area contributed by atoms with Crippen molar-refractivity contribution in [1.29, 1.82) is 0 Å². The van der Waals surface area contributed by atoms with Crippen LogP contribution in [0, 0.1) is 11.6 Å². The molecule has 1 aromatic carbocycles. The lowest BCUT2D eigenvalue weighted by Gasteiger charge is -2.33. The second kappa shape index (κ2) is 9.79. The van der Waals surface area contributed by atoms with E-state index in [1.54, 1.807) is 6.07 Å². The van der Waals surface area contributed by atoms with Crippen molar-refractivity contribution < 1.29 is 18.3 Å². The van der Waals surface area contributed by atoms with Gasteiger partial charge in [-0.15, -0.1) is 12.4 Å². The van der Waals surface area contributed by atoms with Gasteiger partial charge in [0.2, 0.25) is 0 Å². The highest BCUT2D eigenvalue weighted by atomic mass is 35.5. The number of thiophene rings is 1. The van der Waals surface area contributed by atoms with E-state index < -0.39 is 11.6 Å². The van der Waals surface area contributed by atoms with Crippen molar-refractivity contribution in [3.63, 3.8) is 0 Å². The van der Waals surface area contributed by atoms with Gasteiger partial charge < -0.3 is 15.4 Å². The second-order valence-electron chi connectivity index (χ2n) is 8.11. The summed E-state index contributed by atoms with van der Waals surface area (Å²) in [5, 5.41) is 11.6. The predicted octanol–water partition coefficient (Wildman–Crippen LogP) is 4.14. The summed E-state index contributed by atoms with van der Waals surface area (Å²) >= 11 is 1.33. The van der Waals surface area contributed by atoms with Crippen LogP contribution >= 0.6 is 23.7 Å². The zero-order chi connectivity index (χ0) is 22.2. The SMILES string of the molecule is CCc1cnn2c1-c1cc(C(=O)N[C@@H]3CNCC[C@H]3c3ccc(F)c(F)c3)sc1OCC2.Cl. The number of piperidine rings is 1. The molecule has 176 valence electrons. The van der Waals surface area contributed by atoms with Crippen LogP contribution in [0.5, 0.6) is 5.06 Å². The van der Waals surface area contributed by atoms with Crippen LogP contribution < -0.4 is 15.4 Å². The molecule has 2 aliphatic heterocycles. The van der Waals surface area contributed by atoms with Crippen LogP contribution in [-0.4, -0.2) is 41.4 Å². The number of ether oxygens (including phenoxy) is 1. The number of hydrogen-bond acceptors (Lipinski definition) is 5. The van der Waals surface area contributed by atoms with E-state index in [9.17, 15) is 13.6 Å². The minimum Gasteiger partial charge on any atom is -0.481 e. The van der Waals surface area contributed by atoms with Gasteiger partial charge in [0.15, 0.2) is 16.7 Å². The number of aromatic nitrogens is 2. The Kier molecular flexibility index (Phi) is 7.02. The Morgan fingerprint density at radius 1 is 1.33 bits per heavy atom. The number of fused-ring (bicyclic) bond motifs is 3. The van der Waals surface area contributed by atoms with Gasteiger partial charge in [-0.05, 0) is 48.7 Å². The molecule has 2 aliphatic rings. The molecule has 2 atom stereocenters. The third kappa shape index (κ3) is 4.49. The molecule has 0 aliphatic carbocycles. The Bertz CT molecular complexity index is 1170. The molecule has 1 amide bonds. The van der Waals surface area contributed by atoms with E-state index in [0.717, 1.165) is 47.3 Å². The van der Waals surface area contributed by atoms with Crippen LogP contribution in [0.2, 0.25) is 0 Å². The van der Waals surface area contributed by atoms with Crippen LogP contribution in [0.1, 0.15) is 40.1 Å². The van der Waals surface area contributed by atoms with Crippen molar-refractivity contribution in [2.75, 3.05) is 19.7 Å². The Morgan fingerprint density at radius 2 is 2.18 bits per heavy atom. The fraction of sp³-hybridized carbons (Fsp3) is 0.391. The second-order valence-corrected chi connectivity index (χ2v) is 9.12. The normalized spacial score (nSPS) is 19.5. The van der Waals surface area contributed by atoms with Crippen LogP contribution in [0.25, 0.3) is 11.3 Å². The molecule has 6 nitrogen and oxygen atoms in total. The first-order valence-corrected chi connectivity index (χ1v) is 11.6. The van der Waals surface area contributed by atoms with Gasteiger partial charge in [0.25, 0.3) is 5.91 Å². The number of amides is 1. The van der Waals surface area contributed by atoms with Gasteiger partial charge in [0.1, 0.15) is 6.61 Å². The number of hydrogen-bond donors (Lipinski definition) is 2. The number of aryl methyl sites for hydroxylation is 1. The van der Waals surface area contributed by atoms with E-state index in [2.05, 4.69) is 22.7 Å². The third-order valence-corrected chi connectivity index (χ3v) is 7.23. The first kappa shape index (κ1) is 23.7. The first-order valence-electron chi connectivity index (χ1n) is 10.8. The van der Waals surface area contributed by atoms with Crippen LogP contribution in [0.15, 0.2) is 30.5 Å². The average Bonchev–Trinajstić information content (AvgIpc) is 3.36. The fourth-order valence-corrected chi connectivity index (χ4v) is 5.48. The number of carbonyl (C=O) groups is 1. The summed E-state index contributed by atoms with van der Waals surface area (Å²) in [6.07, 6.45) is 3.44. The third-order valence-electron chi connectivity index (χ3n) is 6.18. The Labute approximate surface area is 200 Å². The molecular formula is C23H25ClF2N4O2S. The molecule has 0 spiro atoms. The summed E-state index contributed by atoms with van der Waals surface area (Å²) in [6.45, 7) is 4.56. The maximum atomic E-state index is 13.8. The van der Waals surface area contributed by atoms with Crippen molar-refractivity contribution in [2.24, 2.45) is 0 Å². The molecule has 1 saturated heterocycles. The smallest absolute Gasteiger partial charge is 0.261 e. The maximum Gasteiger partial charge on any atom is 0.261 e. The van der Waals surface area contributed by atoms with E-state index in [0.29, 0.717) is 30.1 Å². The molecule has 2 aromatic heterocycles. The highest BCUT2D eigenvalue weighted by molar-refractivity contribution is 7.16. The number of benzene rings is 1. The number of nitrogens with one attached hydrogen (secondary N) is 2. The molecule has 0 bridgehead atoms. The van der Waals surface area contributed by atoms with Crippen molar-refractivity contribution in [3.8, 4) is 16.3 Å². The number of carbonyl (C=O) groups excluding carboxylic acids is 1. The Balaban J connectivity index is 0.00000259. The molecule has 33 heavy (non-hydrogen) atoms. The predicted molar refractivity (Wildman–Crippen MR) is 126 cm³/mol. The molecule has 3 aromatic rings. The summed E-state index contributed by atoms with van der Waals surface area (Å²) in [5.41, 5.74) is 3.72. The summed E-state index contributed by atoms with van der Waals surface area (Å²) in [6, 6.07) is 5.62. The number of nitrogens with zero attached hydrogens (tertiary/aromatic N) is 2. The van der Waals surface area contributed by atoms with E-state index in [1.165, 1.54) is 17.4 Å². The largest absolute Gasteiger partial charge is 0.481 e. The molecule has 10 heteroatoms. The van der Waals surface area contributed by atoms with Gasteiger partial charge >= 0.3 is 0 Å². The monoisotopic (exact) mass is 494 g/mol. The van der Waals surface area contributed by atoms with E-state index in [1.807, 2.05) is 16.9 Å². The van der Waals surface area contributed by atoms with E-state index in [4.69, 9.17) is 4.74 Å². The highest BCUT2D eigenvalue weighted by Gasteiger charge is 2.30. The molecule has 0 unspecified atom stereocenters. The molecule has 0 saturated carbocycles. The summed E-state index contributed by atoms with van der Waals surface area (Å²) in [7, 11) is 0. The van der Waals surface area contributed by atoms with Crippen molar-refractivity contribution in [2.45, 2.75) is 38.3 Å². The van der Waals surface area contributed by atoms with Crippen molar-refractivity contribution in [3.05, 3.63) is 58.1 Å². The van der Waals surface area contributed by atoms with Crippen LogP contribution in [0.4, 0.5) is 8.78 Å². The van der Waals surface area contributed by atoms with Crippen LogP contribution in [0.3, 0.4) is 0 Å². The molecule has 1 fully saturated rings. The minimum atomic E-state index is -0.867. The van der Waals surface area contributed by atoms with Crippen molar-refractivity contribution in [1.82, 2.24) is 20.4 Å². The van der Waals surface area contributed by atoms with Gasteiger partial charge in [-0.25, -0.2) is 8.78 Å². The lowest BCUT2D eigenvalue weighted by molar-refractivity contribution is 0.0928. The molecule has 4 heterocycles. The molecule has 2 N–H and O–H groups in total. The Hall–Kier alpha value is -2.49. The molecule has 5 rings (SSSR count). The van der Waals surface area contributed by atoms with Gasteiger partial charge in [0, 0.05) is 18.5 Å². The molecular weight excluding hydrogens is 470 g/mol. The quantitative estimate of drug-likeness (QED) is 0.572. The van der Waals surface area contributed by atoms with Gasteiger partial charge in [-0.1, -0.05) is 24.3 Å². The number of halogens is 3. The maximum absolute atomic E-state index is 13.8. The van der Waals surface area contributed by atoms with Gasteiger partial charge in [0.05, 0.1) is 28.9 Å². The summed E-state index contributed by atoms with van der Waals surface area (Å²) < 4.78 is 35.1. The minimum absolute atomic E-state index is 0.